The minimum atomic E-state index is -0.883. The molecule has 1 aromatic rings. The van der Waals surface area contributed by atoms with Crippen molar-refractivity contribution in [3.05, 3.63) is 29.8 Å². The van der Waals surface area contributed by atoms with E-state index in [1.165, 1.54) is 0 Å². The third kappa shape index (κ3) is 4.69. The first kappa shape index (κ1) is 18.7. The summed E-state index contributed by atoms with van der Waals surface area (Å²) in [5.41, 5.74) is 1.00. The van der Waals surface area contributed by atoms with Crippen LogP contribution >= 0.6 is 0 Å². The number of ether oxygens (including phenoxy) is 2. The van der Waals surface area contributed by atoms with Crippen LogP contribution in [0.25, 0.3) is 0 Å². The zero-order chi connectivity index (χ0) is 17.5. The molecule has 0 bridgehead atoms. The molecule has 1 saturated heterocycles. The van der Waals surface area contributed by atoms with E-state index in [0.717, 1.165) is 11.3 Å². The van der Waals surface area contributed by atoms with Crippen molar-refractivity contribution in [1.29, 1.82) is 0 Å². The first-order valence-electron chi connectivity index (χ1n) is 8.40. The summed E-state index contributed by atoms with van der Waals surface area (Å²) in [5, 5.41) is 19.7. The Labute approximate surface area is 143 Å². The van der Waals surface area contributed by atoms with E-state index in [1.807, 2.05) is 31.2 Å². The zero-order valence-electron chi connectivity index (χ0n) is 14.4. The molecule has 1 heterocycles. The van der Waals surface area contributed by atoms with Crippen LogP contribution in [0.4, 0.5) is 0 Å². The van der Waals surface area contributed by atoms with Crippen molar-refractivity contribution in [1.82, 2.24) is 4.90 Å². The number of hydrogen-bond acceptors (Lipinski definition) is 5. The van der Waals surface area contributed by atoms with Crippen molar-refractivity contribution < 1.29 is 24.5 Å². The third-order valence-electron chi connectivity index (χ3n) is 4.49. The van der Waals surface area contributed by atoms with Gasteiger partial charge in [0.1, 0.15) is 11.9 Å². The SMILES string of the molecule is CCN(C[C@@H]1COC[C@@H](O)[C@H]1O)C(=O)CCc1ccccc1OC. The van der Waals surface area contributed by atoms with Crippen molar-refractivity contribution >= 4 is 5.91 Å². The highest BCUT2D eigenvalue weighted by Gasteiger charge is 2.33. The lowest BCUT2D eigenvalue weighted by Crippen LogP contribution is -2.49. The molecule has 1 aromatic carbocycles. The molecule has 1 aliphatic heterocycles. The topological polar surface area (TPSA) is 79.2 Å². The molecule has 0 aromatic heterocycles. The zero-order valence-corrected chi connectivity index (χ0v) is 14.4. The number of aliphatic hydroxyl groups excluding tert-OH is 2. The molecular formula is C18H27NO5. The number of methoxy groups -OCH3 is 1. The molecular weight excluding hydrogens is 310 g/mol. The molecule has 0 unspecified atom stereocenters. The minimum Gasteiger partial charge on any atom is -0.496 e. The molecule has 0 saturated carbocycles. The molecule has 0 spiro atoms. The Hall–Kier alpha value is -1.63. The van der Waals surface area contributed by atoms with Gasteiger partial charge in [-0.3, -0.25) is 4.79 Å². The van der Waals surface area contributed by atoms with E-state index in [-0.39, 0.29) is 18.4 Å². The number of aryl methyl sites for hydroxylation is 1. The summed E-state index contributed by atoms with van der Waals surface area (Å²) in [6.07, 6.45) is -0.757. The highest BCUT2D eigenvalue weighted by molar-refractivity contribution is 5.76. The second-order valence-electron chi connectivity index (χ2n) is 6.10. The molecule has 1 amide bonds. The lowest BCUT2D eigenvalue weighted by atomic mass is 9.95. The first-order chi connectivity index (χ1) is 11.6. The Kier molecular flexibility index (Phi) is 7.02. The van der Waals surface area contributed by atoms with Crippen LogP contribution in [0, 0.1) is 5.92 Å². The maximum absolute atomic E-state index is 12.5. The molecule has 6 nitrogen and oxygen atoms in total. The Morgan fingerprint density at radius 1 is 1.33 bits per heavy atom. The van der Waals surface area contributed by atoms with Gasteiger partial charge in [0.2, 0.25) is 5.91 Å². The van der Waals surface area contributed by atoms with Crippen molar-refractivity contribution in [2.75, 3.05) is 33.4 Å². The fourth-order valence-corrected chi connectivity index (χ4v) is 3.01. The lowest BCUT2D eigenvalue weighted by molar-refractivity contribution is -0.141. The van der Waals surface area contributed by atoms with E-state index in [0.29, 0.717) is 32.5 Å². The van der Waals surface area contributed by atoms with Gasteiger partial charge in [-0.2, -0.15) is 0 Å². The van der Waals surface area contributed by atoms with Gasteiger partial charge < -0.3 is 24.6 Å². The summed E-state index contributed by atoms with van der Waals surface area (Å²) in [4.78, 5) is 14.2. The number of para-hydroxylation sites is 1. The van der Waals surface area contributed by atoms with E-state index < -0.39 is 12.2 Å². The normalized spacial score (nSPS) is 23.8. The highest BCUT2D eigenvalue weighted by atomic mass is 16.5. The minimum absolute atomic E-state index is 0.0238. The molecule has 134 valence electrons. The Morgan fingerprint density at radius 2 is 2.08 bits per heavy atom. The largest absolute Gasteiger partial charge is 0.496 e. The fourth-order valence-electron chi connectivity index (χ4n) is 3.01. The first-order valence-corrected chi connectivity index (χ1v) is 8.40. The molecule has 0 aliphatic carbocycles. The van der Waals surface area contributed by atoms with Crippen molar-refractivity contribution in [2.45, 2.75) is 32.0 Å². The van der Waals surface area contributed by atoms with Crippen molar-refractivity contribution in [2.24, 2.45) is 5.92 Å². The summed E-state index contributed by atoms with van der Waals surface area (Å²) in [6, 6.07) is 7.67. The van der Waals surface area contributed by atoms with Crippen LogP contribution in [0.2, 0.25) is 0 Å². The van der Waals surface area contributed by atoms with E-state index in [1.54, 1.807) is 12.0 Å². The Bertz CT molecular complexity index is 536. The molecule has 6 heteroatoms. The van der Waals surface area contributed by atoms with Crippen molar-refractivity contribution in [3.63, 3.8) is 0 Å². The van der Waals surface area contributed by atoms with Gasteiger partial charge >= 0.3 is 0 Å². The average molecular weight is 337 g/mol. The summed E-state index contributed by atoms with van der Waals surface area (Å²) < 4.78 is 10.6. The van der Waals surface area contributed by atoms with E-state index in [9.17, 15) is 15.0 Å². The van der Waals surface area contributed by atoms with Gasteiger partial charge in [0.05, 0.1) is 26.4 Å². The quantitative estimate of drug-likeness (QED) is 0.771. The van der Waals surface area contributed by atoms with E-state index in [4.69, 9.17) is 9.47 Å². The predicted molar refractivity (Wildman–Crippen MR) is 89.9 cm³/mol. The number of carbonyl (C=O) groups is 1. The number of carbonyl (C=O) groups excluding carboxylic acids is 1. The fraction of sp³-hybridized carbons (Fsp3) is 0.611. The summed E-state index contributed by atoms with van der Waals surface area (Å²) >= 11 is 0. The van der Waals surface area contributed by atoms with Crippen molar-refractivity contribution in [3.8, 4) is 5.75 Å². The van der Waals surface area contributed by atoms with Gasteiger partial charge in [-0.05, 0) is 25.0 Å². The second-order valence-corrected chi connectivity index (χ2v) is 6.10. The third-order valence-corrected chi connectivity index (χ3v) is 4.49. The van der Waals surface area contributed by atoms with Gasteiger partial charge in [0.25, 0.3) is 0 Å². The lowest BCUT2D eigenvalue weighted by Gasteiger charge is -2.35. The van der Waals surface area contributed by atoms with Gasteiger partial charge in [-0.1, -0.05) is 18.2 Å². The molecule has 3 atom stereocenters. The highest BCUT2D eigenvalue weighted by Crippen LogP contribution is 2.20. The average Bonchev–Trinajstić information content (AvgIpc) is 2.61. The van der Waals surface area contributed by atoms with E-state index >= 15 is 0 Å². The van der Waals surface area contributed by atoms with Gasteiger partial charge in [-0.25, -0.2) is 0 Å². The van der Waals surface area contributed by atoms with Gasteiger partial charge in [0.15, 0.2) is 0 Å². The maximum Gasteiger partial charge on any atom is 0.222 e. The monoisotopic (exact) mass is 337 g/mol. The smallest absolute Gasteiger partial charge is 0.222 e. The predicted octanol–water partition coefficient (Wildman–Crippen LogP) is 0.844. The molecule has 0 radical (unpaired) electrons. The number of benzene rings is 1. The van der Waals surface area contributed by atoms with Crippen LogP contribution in [-0.4, -0.2) is 66.6 Å². The van der Waals surface area contributed by atoms with Gasteiger partial charge in [-0.15, -0.1) is 0 Å². The van der Waals surface area contributed by atoms with Gasteiger partial charge in [0, 0.05) is 25.4 Å². The van der Waals surface area contributed by atoms with Crippen LogP contribution in [0.15, 0.2) is 24.3 Å². The number of aliphatic hydroxyl groups is 2. The number of nitrogens with zero attached hydrogens (tertiary/aromatic N) is 1. The van der Waals surface area contributed by atoms with Crippen LogP contribution in [0.3, 0.4) is 0 Å². The standard InChI is InChI=1S/C18H27NO5/c1-3-19(10-14-11-24-12-15(20)18(14)22)17(21)9-8-13-6-4-5-7-16(13)23-2/h4-7,14-15,18,20,22H,3,8-12H2,1-2H3/t14-,15-,18+/m1/s1. The molecule has 1 fully saturated rings. The summed E-state index contributed by atoms with van der Waals surface area (Å²) in [7, 11) is 1.62. The number of rotatable bonds is 7. The summed E-state index contributed by atoms with van der Waals surface area (Å²) in [6.45, 7) is 3.36. The Balaban J connectivity index is 1.91. The molecule has 2 rings (SSSR count). The number of amides is 1. The van der Waals surface area contributed by atoms with Crippen LogP contribution in [-0.2, 0) is 16.0 Å². The summed E-state index contributed by atoms with van der Waals surface area (Å²) in [5.74, 6) is 0.548. The van der Waals surface area contributed by atoms with E-state index in [2.05, 4.69) is 0 Å². The van der Waals surface area contributed by atoms with Crippen LogP contribution < -0.4 is 4.74 Å². The molecule has 2 N–H and O–H groups in total. The Morgan fingerprint density at radius 3 is 2.79 bits per heavy atom. The molecule has 1 aliphatic rings. The van der Waals surface area contributed by atoms with Crippen LogP contribution in [0.1, 0.15) is 18.9 Å². The maximum atomic E-state index is 12.5. The van der Waals surface area contributed by atoms with Crippen LogP contribution in [0.5, 0.6) is 5.75 Å². The second kappa shape index (κ2) is 9.01. The molecule has 24 heavy (non-hydrogen) atoms. The number of hydrogen-bond donors (Lipinski definition) is 2.